The van der Waals surface area contributed by atoms with E-state index in [1.54, 1.807) is 0 Å². The Morgan fingerprint density at radius 3 is 2.71 bits per heavy atom. The third kappa shape index (κ3) is 8.93. The number of unbranched alkanes of at least 4 members (excludes halogenated alkanes) is 6. The molecule has 0 saturated heterocycles. The van der Waals surface area contributed by atoms with Crippen LogP contribution in [0.25, 0.3) is 22.2 Å². The number of carbonyl (C=O) groups excluding carboxylic acids is 1. The van der Waals surface area contributed by atoms with Crippen molar-refractivity contribution in [3.05, 3.63) is 65.5 Å². The van der Waals surface area contributed by atoms with Crippen LogP contribution in [0.3, 0.4) is 0 Å². The zero-order valence-corrected chi connectivity index (χ0v) is 22.2. The summed E-state index contributed by atoms with van der Waals surface area (Å²) in [6.45, 7) is 6.10. The first-order chi connectivity index (χ1) is 17.1. The van der Waals surface area contributed by atoms with Gasteiger partial charge in [0.15, 0.2) is 0 Å². The maximum absolute atomic E-state index is 11.0. The maximum atomic E-state index is 11.0. The van der Waals surface area contributed by atoms with Crippen LogP contribution >= 0.6 is 24.0 Å². The molecule has 0 aliphatic heterocycles. The summed E-state index contributed by atoms with van der Waals surface area (Å²) in [6.07, 6.45) is 13.3. The van der Waals surface area contributed by atoms with Gasteiger partial charge in [-0.05, 0) is 66.9 Å². The fourth-order valence-corrected chi connectivity index (χ4v) is 5.06. The minimum absolute atomic E-state index is 0.337. The minimum atomic E-state index is -0.337. The third-order valence-electron chi connectivity index (χ3n) is 5.84. The van der Waals surface area contributed by atoms with E-state index < -0.39 is 0 Å². The average Bonchev–Trinajstić information content (AvgIpc) is 2.88. The predicted molar refractivity (Wildman–Crippen MR) is 148 cm³/mol. The molecule has 2 heterocycles. The number of pyridine rings is 1. The van der Waals surface area contributed by atoms with Crippen LogP contribution in [0.15, 0.2) is 64.6 Å². The van der Waals surface area contributed by atoms with Gasteiger partial charge in [-0.3, -0.25) is 0 Å². The van der Waals surface area contributed by atoms with E-state index in [1.807, 2.05) is 18.0 Å². The van der Waals surface area contributed by atoms with Gasteiger partial charge in [0.25, 0.3) is 0 Å². The lowest BCUT2D eigenvalue weighted by molar-refractivity contribution is -0.137. The van der Waals surface area contributed by atoms with Crippen molar-refractivity contribution in [2.45, 2.75) is 69.6 Å². The Morgan fingerprint density at radius 2 is 1.91 bits per heavy atom. The SMILES string of the molecule is C=CC(=O)OCCCCCCCCSc1cnc2oc(=S)c(-c3cccc(CCCC)c3)cc2c1. The highest BCUT2D eigenvalue weighted by molar-refractivity contribution is 7.99. The molecule has 186 valence electrons. The zero-order chi connectivity index (χ0) is 24.9. The number of benzene rings is 1. The second-order valence-electron chi connectivity index (χ2n) is 8.66. The number of nitrogens with zero attached hydrogens (tertiary/aromatic N) is 1. The number of aromatic nitrogens is 1. The Kier molecular flexibility index (Phi) is 11.5. The number of thioether (sulfide) groups is 1. The van der Waals surface area contributed by atoms with Gasteiger partial charge in [0, 0.05) is 28.1 Å². The Morgan fingerprint density at radius 1 is 1.11 bits per heavy atom. The van der Waals surface area contributed by atoms with Gasteiger partial charge in [0.05, 0.1) is 6.61 Å². The standard InChI is InChI=1S/C29H35NO3S2/c1-3-5-13-22-14-12-15-23(18-22)26-20-24-19-25(21-30-28(24)33-29(26)34)35-17-11-9-7-6-8-10-16-32-27(31)4-2/h4,12,14-15,18-21H,2-3,5-11,13,16-17H2,1H3. The summed E-state index contributed by atoms with van der Waals surface area (Å²) in [7, 11) is 0. The molecular formula is C29H35NO3S2. The molecule has 0 unspecified atom stereocenters. The molecule has 0 spiro atoms. The van der Waals surface area contributed by atoms with Gasteiger partial charge in [-0.2, -0.15) is 0 Å². The summed E-state index contributed by atoms with van der Waals surface area (Å²) in [6, 6.07) is 12.9. The molecule has 0 bridgehead atoms. The summed E-state index contributed by atoms with van der Waals surface area (Å²) in [5, 5.41) is 0.981. The van der Waals surface area contributed by atoms with Crippen molar-refractivity contribution in [3.8, 4) is 11.1 Å². The zero-order valence-electron chi connectivity index (χ0n) is 20.6. The van der Waals surface area contributed by atoms with Crippen molar-refractivity contribution in [2.24, 2.45) is 0 Å². The van der Waals surface area contributed by atoms with Crippen molar-refractivity contribution in [1.29, 1.82) is 0 Å². The quantitative estimate of drug-likeness (QED) is 0.0671. The summed E-state index contributed by atoms with van der Waals surface area (Å²) in [5.74, 6) is 0.725. The van der Waals surface area contributed by atoms with E-state index in [9.17, 15) is 4.79 Å². The fraction of sp³-hybridized carbons (Fsp3) is 0.414. The van der Waals surface area contributed by atoms with Crippen molar-refractivity contribution in [1.82, 2.24) is 4.98 Å². The van der Waals surface area contributed by atoms with Crippen LogP contribution in [0.4, 0.5) is 0 Å². The fourth-order valence-electron chi connectivity index (χ4n) is 3.88. The Bertz CT molecular complexity index is 1170. The van der Waals surface area contributed by atoms with Crippen molar-refractivity contribution >= 4 is 41.0 Å². The number of esters is 1. The first-order valence-electron chi connectivity index (χ1n) is 12.6. The first-order valence-corrected chi connectivity index (χ1v) is 14.0. The molecule has 0 atom stereocenters. The topological polar surface area (TPSA) is 52.3 Å². The van der Waals surface area contributed by atoms with Gasteiger partial charge in [-0.1, -0.05) is 69.9 Å². The number of carbonyl (C=O) groups is 1. The summed E-state index contributed by atoms with van der Waals surface area (Å²) < 4.78 is 11.4. The number of ether oxygens (including phenoxy) is 1. The van der Waals surface area contributed by atoms with Gasteiger partial charge in [0.2, 0.25) is 10.4 Å². The molecule has 4 nitrogen and oxygen atoms in total. The number of hydrogen-bond acceptors (Lipinski definition) is 6. The lowest BCUT2D eigenvalue weighted by atomic mass is 10.0. The van der Waals surface area contributed by atoms with Crippen LogP contribution in [-0.2, 0) is 16.0 Å². The van der Waals surface area contributed by atoms with Gasteiger partial charge >= 0.3 is 5.97 Å². The van der Waals surface area contributed by atoms with Gasteiger partial charge in [-0.25, -0.2) is 9.78 Å². The number of rotatable bonds is 15. The smallest absolute Gasteiger partial charge is 0.330 e. The van der Waals surface area contributed by atoms with Crippen LogP contribution in [0.1, 0.15) is 63.9 Å². The van der Waals surface area contributed by atoms with Crippen molar-refractivity contribution in [3.63, 3.8) is 0 Å². The van der Waals surface area contributed by atoms with E-state index in [2.05, 4.69) is 54.9 Å². The molecule has 0 aliphatic carbocycles. The van der Waals surface area contributed by atoms with E-state index in [4.69, 9.17) is 21.4 Å². The molecule has 0 saturated carbocycles. The Hall–Kier alpha value is -2.44. The highest BCUT2D eigenvalue weighted by Crippen LogP contribution is 2.29. The monoisotopic (exact) mass is 509 g/mol. The molecule has 0 fully saturated rings. The molecule has 3 aromatic rings. The highest BCUT2D eigenvalue weighted by atomic mass is 32.2. The molecule has 35 heavy (non-hydrogen) atoms. The van der Waals surface area contributed by atoms with Crippen LogP contribution in [-0.4, -0.2) is 23.3 Å². The second-order valence-corrected chi connectivity index (χ2v) is 10.2. The maximum Gasteiger partial charge on any atom is 0.330 e. The Balaban J connectivity index is 1.49. The molecule has 0 radical (unpaired) electrons. The lowest BCUT2D eigenvalue weighted by Crippen LogP contribution is -2.01. The molecule has 0 aliphatic rings. The summed E-state index contributed by atoms with van der Waals surface area (Å²) in [4.78, 5) is 16.7. The normalized spacial score (nSPS) is 11.0. The predicted octanol–water partition coefficient (Wildman–Crippen LogP) is 8.73. The highest BCUT2D eigenvalue weighted by Gasteiger charge is 2.08. The van der Waals surface area contributed by atoms with Gasteiger partial charge < -0.3 is 9.15 Å². The molecule has 6 heteroatoms. The number of aryl methyl sites for hydroxylation is 1. The summed E-state index contributed by atoms with van der Waals surface area (Å²) in [5.41, 5.74) is 3.97. The first kappa shape index (κ1) is 27.2. The van der Waals surface area contributed by atoms with E-state index in [-0.39, 0.29) is 5.97 Å². The molecule has 0 amide bonds. The Labute approximate surface area is 218 Å². The number of hydrogen-bond donors (Lipinski definition) is 0. The van der Waals surface area contributed by atoms with Gasteiger partial charge in [-0.15, -0.1) is 11.8 Å². The lowest BCUT2D eigenvalue weighted by Gasteiger charge is -2.08. The van der Waals surface area contributed by atoms with E-state index in [0.29, 0.717) is 17.0 Å². The van der Waals surface area contributed by atoms with E-state index in [0.717, 1.165) is 46.4 Å². The average molecular weight is 510 g/mol. The van der Waals surface area contributed by atoms with Crippen molar-refractivity contribution < 1.29 is 13.9 Å². The van der Waals surface area contributed by atoms with Crippen LogP contribution in [0.5, 0.6) is 0 Å². The van der Waals surface area contributed by atoms with Crippen LogP contribution < -0.4 is 0 Å². The summed E-state index contributed by atoms with van der Waals surface area (Å²) >= 11 is 7.38. The molecular weight excluding hydrogens is 474 g/mol. The van der Waals surface area contributed by atoms with E-state index in [1.165, 1.54) is 50.2 Å². The van der Waals surface area contributed by atoms with Crippen LogP contribution in [0, 0.1) is 4.71 Å². The van der Waals surface area contributed by atoms with Crippen molar-refractivity contribution in [2.75, 3.05) is 12.4 Å². The largest absolute Gasteiger partial charge is 0.463 e. The third-order valence-corrected chi connectivity index (χ3v) is 7.19. The molecule has 0 N–H and O–H groups in total. The van der Waals surface area contributed by atoms with Crippen LogP contribution in [0.2, 0.25) is 0 Å². The molecule has 3 rings (SSSR count). The van der Waals surface area contributed by atoms with E-state index >= 15 is 0 Å². The molecule has 1 aromatic carbocycles. The second kappa shape index (κ2) is 14.8. The minimum Gasteiger partial charge on any atom is -0.463 e. The van der Waals surface area contributed by atoms with Gasteiger partial charge in [0.1, 0.15) is 0 Å². The number of fused-ring (bicyclic) bond motifs is 1. The molecule has 2 aromatic heterocycles.